The molecule has 152 valence electrons. The Kier molecular flexibility index (Phi) is 7.80. The highest BCUT2D eigenvalue weighted by molar-refractivity contribution is 6.30. The van der Waals surface area contributed by atoms with Crippen molar-refractivity contribution in [3.05, 3.63) is 34.9 Å². The van der Waals surface area contributed by atoms with Gasteiger partial charge in [-0.1, -0.05) is 25.4 Å². The molecule has 0 aliphatic heterocycles. The number of halogens is 1. The summed E-state index contributed by atoms with van der Waals surface area (Å²) < 4.78 is 4.98. The highest BCUT2D eigenvalue weighted by Crippen LogP contribution is 2.18. The molecule has 1 atom stereocenters. The van der Waals surface area contributed by atoms with Crippen LogP contribution in [0.15, 0.2) is 24.3 Å². The number of hydrogen-bond acceptors (Lipinski definition) is 5. The van der Waals surface area contributed by atoms with Gasteiger partial charge in [0, 0.05) is 16.6 Å². The Balaban J connectivity index is 1.86. The van der Waals surface area contributed by atoms with E-state index in [1.165, 1.54) is 0 Å². The molecular weight excluding hydrogens is 386 g/mol. The van der Waals surface area contributed by atoms with Gasteiger partial charge in [0.15, 0.2) is 6.61 Å². The monoisotopic (exact) mass is 409 g/mol. The summed E-state index contributed by atoms with van der Waals surface area (Å²) in [6.45, 7) is 3.18. The number of rotatable bonds is 8. The minimum Gasteiger partial charge on any atom is -0.454 e. The Morgan fingerprint density at radius 1 is 1.14 bits per heavy atom. The standard InChI is InChI=1S/C19H24ClN3O5/c1-11(2)9-15(22-17(25)12-3-5-13(20)6-4-12)18(26)28-10-16(24)23-19(27)21-14-7-8-14/h3-6,11,14-15H,7-10H2,1-2H3,(H,22,25)(H2,21,23,24,27)/t15-/m0/s1. The van der Waals surface area contributed by atoms with Crippen molar-refractivity contribution in [2.75, 3.05) is 6.61 Å². The molecule has 2 rings (SSSR count). The van der Waals surface area contributed by atoms with Gasteiger partial charge < -0.3 is 15.4 Å². The number of nitrogens with one attached hydrogen (secondary N) is 3. The van der Waals surface area contributed by atoms with Crippen molar-refractivity contribution in [2.45, 2.75) is 45.2 Å². The van der Waals surface area contributed by atoms with Gasteiger partial charge in [0.05, 0.1) is 0 Å². The minimum atomic E-state index is -0.920. The molecule has 3 N–H and O–H groups in total. The molecule has 9 heteroatoms. The van der Waals surface area contributed by atoms with Crippen molar-refractivity contribution < 1.29 is 23.9 Å². The number of benzene rings is 1. The zero-order chi connectivity index (χ0) is 20.7. The molecule has 0 spiro atoms. The van der Waals surface area contributed by atoms with Crippen molar-refractivity contribution >= 4 is 35.4 Å². The average Bonchev–Trinajstić information content (AvgIpc) is 3.43. The van der Waals surface area contributed by atoms with E-state index in [9.17, 15) is 19.2 Å². The van der Waals surface area contributed by atoms with Crippen LogP contribution >= 0.6 is 11.6 Å². The van der Waals surface area contributed by atoms with Gasteiger partial charge in [0.2, 0.25) is 0 Å². The minimum absolute atomic E-state index is 0.0983. The first kappa shape index (κ1) is 21.7. The quantitative estimate of drug-likeness (QED) is 0.568. The summed E-state index contributed by atoms with van der Waals surface area (Å²) in [7, 11) is 0. The molecule has 1 saturated carbocycles. The third-order valence-corrected chi connectivity index (χ3v) is 4.17. The van der Waals surface area contributed by atoms with Gasteiger partial charge in [-0.05, 0) is 49.4 Å². The third kappa shape index (κ3) is 7.56. The van der Waals surface area contributed by atoms with E-state index in [2.05, 4.69) is 16.0 Å². The van der Waals surface area contributed by atoms with Crippen LogP contribution < -0.4 is 16.0 Å². The maximum absolute atomic E-state index is 12.4. The summed E-state index contributed by atoms with van der Waals surface area (Å²) in [5, 5.41) is 7.79. The molecule has 8 nitrogen and oxygen atoms in total. The molecule has 1 fully saturated rings. The largest absolute Gasteiger partial charge is 0.454 e. The van der Waals surface area contributed by atoms with Crippen molar-refractivity contribution in [3.8, 4) is 0 Å². The van der Waals surface area contributed by atoms with Crippen LogP contribution in [0.2, 0.25) is 5.02 Å². The Bertz CT molecular complexity index is 732. The number of imide groups is 1. The second-order valence-electron chi connectivity index (χ2n) is 7.07. The van der Waals surface area contributed by atoms with Crippen LogP contribution in [0, 0.1) is 5.92 Å². The lowest BCUT2D eigenvalue weighted by Crippen LogP contribution is -2.45. The van der Waals surface area contributed by atoms with Gasteiger partial charge in [-0.3, -0.25) is 14.9 Å². The van der Waals surface area contributed by atoms with E-state index in [1.54, 1.807) is 24.3 Å². The molecule has 0 radical (unpaired) electrons. The van der Waals surface area contributed by atoms with Gasteiger partial charge in [-0.25, -0.2) is 9.59 Å². The third-order valence-electron chi connectivity index (χ3n) is 3.91. The van der Waals surface area contributed by atoms with E-state index >= 15 is 0 Å². The molecule has 4 amide bonds. The number of urea groups is 1. The lowest BCUT2D eigenvalue weighted by Gasteiger charge is -2.19. The van der Waals surface area contributed by atoms with Crippen LogP contribution in [-0.2, 0) is 14.3 Å². The molecule has 28 heavy (non-hydrogen) atoms. The molecule has 0 heterocycles. The topological polar surface area (TPSA) is 114 Å². The number of carbonyl (C=O) groups is 4. The van der Waals surface area contributed by atoms with Crippen molar-refractivity contribution in [2.24, 2.45) is 5.92 Å². The molecule has 0 saturated heterocycles. The van der Waals surface area contributed by atoms with Gasteiger partial charge >= 0.3 is 12.0 Å². The van der Waals surface area contributed by atoms with Crippen LogP contribution in [0.25, 0.3) is 0 Å². The highest BCUT2D eigenvalue weighted by Gasteiger charge is 2.26. The van der Waals surface area contributed by atoms with Crippen molar-refractivity contribution in [3.63, 3.8) is 0 Å². The summed E-state index contributed by atoms with van der Waals surface area (Å²) >= 11 is 5.81. The van der Waals surface area contributed by atoms with Crippen LogP contribution in [0.3, 0.4) is 0 Å². The summed E-state index contributed by atoms with van der Waals surface area (Å²) in [5.74, 6) is -1.83. The predicted octanol–water partition coefficient (Wildman–Crippen LogP) is 2.02. The fourth-order valence-electron chi connectivity index (χ4n) is 2.38. The summed E-state index contributed by atoms with van der Waals surface area (Å²) in [5.41, 5.74) is 0.348. The molecule has 1 aromatic carbocycles. The second-order valence-corrected chi connectivity index (χ2v) is 7.50. The van der Waals surface area contributed by atoms with E-state index in [-0.39, 0.29) is 12.0 Å². The first-order valence-corrected chi connectivity index (χ1v) is 9.45. The molecule has 1 aliphatic carbocycles. The fraction of sp³-hybridized carbons (Fsp3) is 0.474. The van der Waals surface area contributed by atoms with Crippen LogP contribution in [0.4, 0.5) is 4.79 Å². The molecule has 0 aromatic heterocycles. The summed E-state index contributed by atoms with van der Waals surface area (Å²) in [4.78, 5) is 47.9. The zero-order valence-corrected chi connectivity index (χ0v) is 16.5. The van der Waals surface area contributed by atoms with Gasteiger partial charge in [-0.2, -0.15) is 0 Å². The first-order valence-electron chi connectivity index (χ1n) is 9.08. The number of amides is 4. The lowest BCUT2D eigenvalue weighted by atomic mass is 10.0. The van der Waals surface area contributed by atoms with Gasteiger partial charge in [-0.15, -0.1) is 0 Å². The SMILES string of the molecule is CC(C)C[C@H](NC(=O)c1ccc(Cl)cc1)C(=O)OCC(=O)NC(=O)NC1CC1. The maximum Gasteiger partial charge on any atom is 0.329 e. The second kappa shape index (κ2) is 10.1. The van der Waals surface area contributed by atoms with Crippen LogP contribution in [0.1, 0.15) is 43.5 Å². The summed E-state index contributed by atoms with van der Waals surface area (Å²) in [6.07, 6.45) is 2.11. The van der Waals surface area contributed by atoms with E-state index in [1.807, 2.05) is 13.8 Å². The van der Waals surface area contributed by atoms with Crippen molar-refractivity contribution in [1.82, 2.24) is 16.0 Å². The van der Waals surface area contributed by atoms with Crippen LogP contribution in [0.5, 0.6) is 0 Å². The zero-order valence-electron chi connectivity index (χ0n) is 15.8. The maximum atomic E-state index is 12.4. The van der Waals surface area contributed by atoms with E-state index in [0.29, 0.717) is 17.0 Å². The van der Waals surface area contributed by atoms with Crippen molar-refractivity contribution in [1.29, 1.82) is 0 Å². The molecule has 0 bridgehead atoms. The molecule has 1 aromatic rings. The molecule has 1 aliphatic rings. The van der Waals surface area contributed by atoms with Gasteiger partial charge in [0.25, 0.3) is 11.8 Å². The average molecular weight is 410 g/mol. The van der Waals surface area contributed by atoms with E-state index in [0.717, 1.165) is 12.8 Å². The Morgan fingerprint density at radius 3 is 2.36 bits per heavy atom. The Hall–Kier alpha value is -2.61. The summed E-state index contributed by atoms with van der Waals surface area (Å²) in [6, 6.07) is 4.80. The number of carbonyl (C=O) groups excluding carboxylic acids is 4. The molecule has 0 unspecified atom stereocenters. The highest BCUT2D eigenvalue weighted by atomic mass is 35.5. The molecular formula is C19H24ClN3O5. The van der Waals surface area contributed by atoms with E-state index in [4.69, 9.17) is 16.3 Å². The predicted molar refractivity (Wildman–Crippen MR) is 103 cm³/mol. The van der Waals surface area contributed by atoms with E-state index < -0.39 is 36.5 Å². The fourth-order valence-corrected chi connectivity index (χ4v) is 2.50. The van der Waals surface area contributed by atoms with Crippen LogP contribution in [-0.4, -0.2) is 42.5 Å². The normalized spacial score (nSPS) is 14.1. The number of ether oxygens (including phenoxy) is 1. The first-order chi connectivity index (χ1) is 13.2. The smallest absolute Gasteiger partial charge is 0.329 e. The lowest BCUT2D eigenvalue weighted by molar-refractivity contribution is -0.150. The number of esters is 1. The Morgan fingerprint density at radius 2 is 1.79 bits per heavy atom. The van der Waals surface area contributed by atoms with Gasteiger partial charge in [0.1, 0.15) is 6.04 Å². The number of hydrogen-bond donors (Lipinski definition) is 3. The Labute approximate surface area is 168 Å².